The summed E-state index contributed by atoms with van der Waals surface area (Å²) in [4.78, 5) is 51.5. The standard InChI is InChI=1S/C24H35N9O4S/c1-15-12-18(38-30-15)29-21-19(20(25)34)26-13-17(28-21)33-7-5-6-16(14-33)27-22(35)31-8-10-32(11-9-31)23(36)37-24(2,3)4/h12-13,16H,5-11,14H2,1-4H3,(H2,25,34)(H,27,35)(H,28,29)/t16-/m1/s1. The minimum atomic E-state index is -0.677. The number of nitrogens with zero attached hydrogens (tertiary/aromatic N) is 6. The molecule has 0 aliphatic carbocycles. The molecule has 4 heterocycles. The molecule has 1 atom stereocenters. The lowest BCUT2D eigenvalue weighted by Crippen LogP contribution is -2.57. The number of ether oxygens (including phenoxy) is 1. The van der Waals surface area contributed by atoms with Crippen LogP contribution in [0.15, 0.2) is 12.3 Å². The highest BCUT2D eigenvalue weighted by Crippen LogP contribution is 2.25. The second kappa shape index (κ2) is 11.4. The zero-order valence-corrected chi connectivity index (χ0v) is 23.0. The number of amides is 4. The van der Waals surface area contributed by atoms with Crippen LogP contribution in [0.2, 0.25) is 0 Å². The largest absolute Gasteiger partial charge is 0.444 e. The Morgan fingerprint density at radius 1 is 1.13 bits per heavy atom. The molecule has 0 spiro atoms. The minimum Gasteiger partial charge on any atom is -0.444 e. The fourth-order valence-electron chi connectivity index (χ4n) is 4.33. The number of carbonyl (C=O) groups excluding carboxylic acids is 3. The highest BCUT2D eigenvalue weighted by molar-refractivity contribution is 7.10. The molecule has 4 rings (SSSR count). The lowest BCUT2D eigenvalue weighted by atomic mass is 10.1. The third kappa shape index (κ3) is 7.00. The molecular formula is C24H35N9O4S. The minimum absolute atomic E-state index is 0.0483. The van der Waals surface area contributed by atoms with Crippen LogP contribution in [-0.2, 0) is 4.74 Å². The van der Waals surface area contributed by atoms with Crippen LogP contribution in [0.25, 0.3) is 0 Å². The molecule has 2 saturated heterocycles. The molecule has 0 unspecified atom stereocenters. The van der Waals surface area contributed by atoms with Gasteiger partial charge < -0.3 is 35.8 Å². The van der Waals surface area contributed by atoms with Gasteiger partial charge in [0.15, 0.2) is 11.5 Å². The SMILES string of the molecule is Cc1cc(Nc2nc(N3CCC[C@@H](NC(=O)N4CCN(C(=O)OC(C)(C)C)CC4)C3)cnc2C(N)=O)sn1. The number of piperidine rings is 1. The zero-order chi connectivity index (χ0) is 27.4. The first-order valence-corrected chi connectivity index (χ1v) is 13.4. The number of nitrogens with one attached hydrogen (secondary N) is 2. The van der Waals surface area contributed by atoms with E-state index in [0.29, 0.717) is 38.5 Å². The first kappa shape index (κ1) is 27.4. The van der Waals surface area contributed by atoms with Gasteiger partial charge in [0.25, 0.3) is 5.91 Å². The average molecular weight is 546 g/mol. The Hall–Kier alpha value is -3.68. The summed E-state index contributed by atoms with van der Waals surface area (Å²) in [5.74, 6) is 0.180. The lowest BCUT2D eigenvalue weighted by Gasteiger charge is -2.38. The second-order valence-electron chi connectivity index (χ2n) is 10.4. The highest BCUT2D eigenvalue weighted by Gasteiger charge is 2.30. The van der Waals surface area contributed by atoms with E-state index in [1.807, 2.05) is 38.7 Å². The number of nitrogens with two attached hydrogens (primary N) is 1. The van der Waals surface area contributed by atoms with Crippen LogP contribution in [0, 0.1) is 6.92 Å². The molecule has 0 saturated carbocycles. The first-order valence-electron chi connectivity index (χ1n) is 12.6. The van der Waals surface area contributed by atoms with E-state index in [4.69, 9.17) is 10.5 Å². The van der Waals surface area contributed by atoms with E-state index in [2.05, 4.69) is 25.0 Å². The maximum Gasteiger partial charge on any atom is 0.410 e. The number of aromatic nitrogens is 3. The summed E-state index contributed by atoms with van der Waals surface area (Å²) in [5, 5.41) is 6.96. The molecule has 13 nitrogen and oxygen atoms in total. The fourth-order valence-corrected chi connectivity index (χ4v) is 4.99. The molecule has 2 aliphatic rings. The Labute approximate surface area is 225 Å². The number of carbonyl (C=O) groups is 3. The Balaban J connectivity index is 1.35. The number of anilines is 3. The number of hydrogen-bond donors (Lipinski definition) is 3. The highest BCUT2D eigenvalue weighted by atomic mass is 32.1. The summed E-state index contributed by atoms with van der Waals surface area (Å²) in [6.07, 6.45) is 2.86. The van der Waals surface area contributed by atoms with Crippen molar-refractivity contribution in [1.29, 1.82) is 0 Å². The first-order chi connectivity index (χ1) is 18.0. The molecule has 38 heavy (non-hydrogen) atoms. The van der Waals surface area contributed by atoms with Crippen molar-refractivity contribution in [2.45, 2.75) is 52.2 Å². The van der Waals surface area contributed by atoms with Crippen LogP contribution in [-0.4, -0.2) is 93.1 Å². The zero-order valence-electron chi connectivity index (χ0n) is 22.2. The molecule has 2 aliphatic heterocycles. The Kier molecular flexibility index (Phi) is 8.19. The smallest absolute Gasteiger partial charge is 0.410 e. The number of rotatable bonds is 5. The van der Waals surface area contributed by atoms with Crippen LogP contribution < -0.4 is 21.3 Å². The van der Waals surface area contributed by atoms with Gasteiger partial charge in [-0.05, 0) is 58.1 Å². The summed E-state index contributed by atoms with van der Waals surface area (Å²) in [5.41, 5.74) is 5.86. The molecule has 4 amide bonds. The van der Waals surface area contributed by atoms with Crippen LogP contribution in [0.5, 0.6) is 0 Å². The van der Waals surface area contributed by atoms with Crippen molar-refractivity contribution in [3.05, 3.63) is 23.7 Å². The van der Waals surface area contributed by atoms with Gasteiger partial charge >= 0.3 is 12.1 Å². The molecule has 0 aromatic carbocycles. The number of urea groups is 1. The van der Waals surface area contributed by atoms with Gasteiger partial charge in [-0.15, -0.1) is 0 Å². The van der Waals surface area contributed by atoms with E-state index < -0.39 is 11.5 Å². The summed E-state index contributed by atoms with van der Waals surface area (Å²) in [7, 11) is 0. The molecule has 4 N–H and O–H groups in total. The predicted octanol–water partition coefficient (Wildman–Crippen LogP) is 2.32. The molecule has 2 aromatic heterocycles. The number of aryl methyl sites for hydroxylation is 1. The molecular weight excluding hydrogens is 510 g/mol. The van der Waals surface area contributed by atoms with E-state index in [9.17, 15) is 14.4 Å². The van der Waals surface area contributed by atoms with Gasteiger partial charge in [0.2, 0.25) is 0 Å². The Morgan fingerprint density at radius 3 is 2.47 bits per heavy atom. The van der Waals surface area contributed by atoms with Crippen molar-refractivity contribution in [2.24, 2.45) is 5.73 Å². The van der Waals surface area contributed by atoms with Crippen molar-refractivity contribution >= 4 is 46.2 Å². The van der Waals surface area contributed by atoms with Crippen LogP contribution in [0.3, 0.4) is 0 Å². The molecule has 206 valence electrons. The molecule has 2 fully saturated rings. The summed E-state index contributed by atoms with van der Waals surface area (Å²) in [6, 6.07) is 1.61. The van der Waals surface area contributed by atoms with E-state index in [-0.39, 0.29) is 29.7 Å². The molecule has 14 heteroatoms. The Bertz CT molecular complexity index is 1170. The fraction of sp³-hybridized carbons (Fsp3) is 0.583. The number of primary amides is 1. The van der Waals surface area contributed by atoms with Gasteiger partial charge in [-0.25, -0.2) is 19.6 Å². The molecule has 0 bridgehead atoms. The number of hydrogen-bond acceptors (Lipinski definition) is 10. The summed E-state index contributed by atoms with van der Waals surface area (Å²) in [6.45, 7) is 10.4. The van der Waals surface area contributed by atoms with E-state index in [1.165, 1.54) is 17.7 Å². The van der Waals surface area contributed by atoms with Crippen LogP contribution >= 0.6 is 11.5 Å². The normalized spacial score (nSPS) is 18.2. The maximum absolute atomic E-state index is 13.0. The van der Waals surface area contributed by atoms with Crippen molar-refractivity contribution in [1.82, 2.24) is 29.5 Å². The maximum atomic E-state index is 13.0. The average Bonchev–Trinajstić information content (AvgIpc) is 3.27. The monoisotopic (exact) mass is 545 g/mol. The van der Waals surface area contributed by atoms with E-state index in [0.717, 1.165) is 30.1 Å². The van der Waals surface area contributed by atoms with Crippen molar-refractivity contribution in [2.75, 3.05) is 49.5 Å². The van der Waals surface area contributed by atoms with Crippen molar-refractivity contribution in [3.8, 4) is 0 Å². The summed E-state index contributed by atoms with van der Waals surface area (Å²) < 4.78 is 9.67. The number of piperazine rings is 1. The van der Waals surface area contributed by atoms with Crippen LogP contribution in [0.1, 0.15) is 49.8 Å². The van der Waals surface area contributed by atoms with Gasteiger partial charge in [0.05, 0.1) is 11.9 Å². The lowest BCUT2D eigenvalue weighted by molar-refractivity contribution is 0.0169. The topological polar surface area (TPSA) is 159 Å². The van der Waals surface area contributed by atoms with Gasteiger partial charge in [0.1, 0.15) is 16.4 Å². The van der Waals surface area contributed by atoms with Gasteiger partial charge in [-0.3, -0.25) is 4.79 Å². The van der Waals surface area contributed by atoms with Gasteiger partial charge in [0, 0.05) is 45.3 Å². The third-order valence-electron chi connectivity index (χ3n) is 6.15. The van der Waals surface area contributed by atoms with Crippen molar-refractivity contribution in [3.63, 3.8) is 0 Å². The van der Waals surface area contributed by atoms with Gasteiger partial charge in [-0.2, -0.15) is 4.37 Å². The van der Waals surface area contributed by atoms with E-state index in [1.54, 1.807) is 9.80 Å². The molecule has 0 radical (unpaired) electrons. The predicted molar refractivity (Wildman–Crippen MR) is 144 cm³/mol. The van der Waals surface area contributed by atoms with Gasteiger partial charge in [-0.1, -0.05) is 0 Å². The third-order valence-corrected chi connectivity index (χ3v) is 6.95. The summed E-state index contributed by atoms with van der Waals surface area (Å²) >= 11 is 1.26. The Morgan fingerprint density at radius 2 is 1.84 bits per heavy atom. The van der Waals surface area contributed by atoms with Crippen molar-refractivity contribution < 1.29 is 19.1 Å². The van der Waals surface area contributed by atoms with Crippen LogP contribution in [0.4, 0.5) is 26.2 Å². The molecule has 2 aromatic rings. The van der Waals surface area contributed by atoms with E-state index >= 15 is 0 Å². The quantitative estimate of drug-likeness (QED) is 0.512. The second-order valence-corrected chi connectivity index (χ2v) is 11.2.